The number of nitrogens with one attached hydrogen (secondary N) is 1. The minimum Gasteiger partial charge on any atom is -0.497 e. The number of benzene rings is 1. The molecule has 0 bridgehead atoms. The molecule has 27 heavy (non-hydrogen) atoms. The first-order chi connectivity index (χ1) is 12.2. The summed E-state index contributed by atoms with van der Waals surface area (Å²) in [5, 5.41) is 5.84. The molecule has 1 aliphatic heterocycles. The van der Waals surface area contributed by atoms with E-state index in [9.17, 15) is 4.79 Å². The van der Waals surface area contributed by atoms with E-state index in [1.54, 1.807) is 7.11 Å². The molecule has 1 aliphatic rings. The second kappa shape index (κ2) is 11.3. The number of rotatable bonds is 6. The van der Waals surface area contributed by atoms with E-state index in [1.165, 1.54) is 11.3 Å². The highest BCUT2D eigenvalue weighted by atomic mass is 35.5. The fourth-order valence-corrected chi connectivity index (χ4v) is 3.84. The van der Waals surface area contributed by atoms with E-state index in [2.05, 4.69) is 21.3 Å². The number of nitrogens with zero attached hydrogens (tertiary/aromatic N) is 2. The van der Waals surface area contributed by atoms with Crippen LogP contribution in [0.15, 0.2) is 29.6 Å². The number of thiazole rings is 1. The molecule has 0 saturated carbocycles. The van der Waals surface area contributed by atoms with Gasteiger partial charge >= 0.3 is 0 Å². The Morgan fingerprint density at radius 3 is 3.00 bits per heavy atom. The van der Waals surface area contributed by atoms with Crippen molar-refractivity contribution in [2.75, 3.05) is 31.6 Å². The number of hydrogen-bond acceptors (Lipinski definition) is 6. The van der Waals surface area contributed by atoms with Gasteiger partial charge in [-0.25, -0.2) is 4.98 Å². The van der Waals surface area contributed by atoms with Gasteiger partial charge in [0.05, 0.1) is 12.1 Å². The van der Waals surface area contributed by atoms with Crippen molar-refractivity contribution in [1.82, 2.24) is 10.3 Å². The molecule has 0 spiro atoms. The summed E-state index contributed by atoms with van der Waals surface area (Å²) in [6.45, 7) is 2.32. The lowest BCUT2D eigenvalue weighted by Gasteiger charge is -2.34. The SMILES string of the molecule is COc1cccc(N2CCCC(NC(=O)c3csc(CCN)n3)C2)c1.Cl.Cl. The van der Waals surface area contributed by atoms with Crippen LogP contribution < -0.4 is 20.7 Å². The van der Waals surface area contributed by atoms with Crippen LogP contribution in [-0.4, -0.2) is 43.7 Å². The quantitative estimate of drug-likeness (QED) is 0.733. The summed E-state index contributed by atoms with van der Waals surface area (Å²) in [5.41, 5.74) is 7.15. The number of ether oxygens (including phenoxy) is 1. The third kappa shape index (κ3) is 6.24. The van der Waals surface area contributed by atoms with E-state index < -0.39 is 0 Å². The van der Waals surface area contributed by atoms with Crippen LogP contribution in [0.4, 0.5) is 5.69 Å². The number of hydrogen-bond donors (Lipinski definition) is 2. The van der Waals surface area contributed by atoms with Crippen molar-refractivity contribution in [3.63, 3.8) is 0 Å². The monoisotopic (exact) mass is 432 g/mol. The number of aromatic nitrogens is 1. The first kappa shape index (κ1) is 23.5. The highest BCUT2D eigenvalue weighted by Gasteiger charge is 2.23. The van der Waals surface area contributed by atoms with E-state index in [4.69, 9.17) is 10.5 Å². The van der Waals surface area contributed by atoms with Gasteiger partial charge in [0, 0.05) is 42.7 Å². The molecule has 1 unspecified atom stereocenters. The molecule has 0 aliphatic carbocycles. The number of amides is 1. The summed E-state index contributed by atoms with van der Waals surface area (Å²) in [6, 6.07) is 8.15. The van der Waals surface area contributed by atoms with Crippen LogP contribution in [0.3, 0.4) is 0 Å². The van der Waals surface area contributed by atoms with Crippen molar-refractivity contribution in [2.24, 2.45) is 5.73 Å². The van der Waals surface area contributed by atoms with Crippen molar-refractivity contribution >= 4 is 47.7 Å². The molecule has 6 nitrogen and oxygen atoms in total. The summed E-state index contributed by atoms with van der Waals surface area (Å²) in [4.78, 5) is 19.1. The molecule has 150 valence electrons. The van der Waals surface area contributed by atoms with E-state index >= 15 is 0 Å². The zero-order chi connectivity index (χ0) is 17.6. The Labute approximate surface area is 176 Å². The standard InChI is InChI=1S/C18H24N4O2S.2ClH/c1-24-15-6-2-5-14(10-15)22-9-3-4-13(11-22)20-18(23)16-12-25-17(21-16)7-8-19;;/h2,5-6,10,12-13H,3-4,7-9,11,19H2,1H3,(H,20,23);2*1H. The van der Waals surface area contributed by atoms with Crippen molar-refractivity contribution in [1.29, 1.82) is 0 Å². The van der Waals surface area contributed by atoms with E-state index in [-0.39, 0.29) is 36.8 Å². The van der Waals surface area contributed by atoms with Crippen LogP contribution in [0.25, 0.3) is 0 Å². The fourth-order valence-electron chi connectivity index (χ4n) is 3.05. The lowest BCUT2D eigenvalue weighted by molar-refractivity contribution is 0.0928. The van der Waals surface area contributed by atoms with Crippen molar-refractivity contribution in [3.05, 3.63) is 40.3 Å². The average Bonchev–Trinajstić information content (AvgIpc) is 3.11. The number of carbonyl (C=O) groups is 1. The highest BCUT2D eigenvalue weighted by molar-refractivity contribution is 7.09. The van der Waals surface area contributed by atoms with Crippen LogP contribution in [0.1, 0.15) is 28.3 Å². The van der Waals surface area contributed by atoms with Gasteiger partial charge < -0.3 is 20.7 Å². The normalized spacial score (nSPS) is 16.1. The van der Waals surface area contributed by atoms with E-state index in [0.29, 0.717) is 18.7 Å². The summed E-state index contributed by atoms with van der Waals surface area (Å²) < 4.78 is 5.30. The largest absolute Gasteiger partial charge is 0.497 e. The zero-order valence-electron chi connectivity index (χ0n) is 15.2. The first-order valence-corrected chi connectivity index (χ1v) is 9.42. The molecule has 1 fully saturated rings. The molecule has 1 aromatic carbocycles. The predicted molar refractivity (Wildman–Crippen MR) is 115 cm³/mol. The Morgan fingerprint density at radius 2 is 2.26 bits per heavy atom. The molecule has 1 saturated heterocycles. The maximum Gasteiger partial charge on any atom is 0.271 e. The van der Waals surface area contributed by atoms with Gasteiger partial charge in [-0.3, -0.25) is 4.79 Å². The Bertz CT molecular complexity index is 729. The second-order valence-electron chi connectivity index (χ2n) is 6.13. The van der Waals surface area contributed by atoms with Crippen molar-refractivity contribution < 1.29 is 9.53 Å². The molecule has 1 atom stereocenters. The molecule has 2 heterocycles. The minimum absolute atomic E-state index is 0. The van der Waals surface area contributed by atoms with Crippen LogP contribution in [0, 0.1) is 0 Å². The second-order valence-corrected chi connectivity index (χ2v) is 7.07. The third-order valence-electron chi connectivity index (χ3n) is 4.32. The maximum absolute atomic E-state index is 12.4. The predicted octanol–water partition coefficient (Wildman–Crippen LogP) is 2.90. The topological polar surface area (TPSA) is 80.5 Å². The number of halogens is 2. The van der Waals surface area contributed by atoms with Crippen molar-refractivity contribution in [3.8, 4) is 5.75 Å². The Balaban J connectivity index is 0.00000182. The summed E-state index contributed by atoms with van der Waals surface area (Å²) in [6.07, 6.45) is 2.73. The number of anilines is 1. The lowest BCUT2D eigenvalue weighted by atomic mass is 10.0. The molecular weight excluding hydrogens is 407 g/mol. The van der Waals surface area contributed by atoms with E-state index in [0.717, 1.165) is 42.4 Å². The third-order valence-corrected chi connectivity index (χ3v) is 5.23. The minimum atomic E-state index is -0.1000. The smallest absolute Gasteiger partial charge is 0.271 e. The first-order valence-electron chi connectivity index (χ1n) is 8.54. The van der Waals surface area contributed by atoms with Gasteiger partial charge in [-0.1, -0.05) is 6.07 Å². The lowest BCUT2D eigenvalue weighted by Crippen LogP contribution is -2.47. The number of carbonyl (C=O) groups excluding carboxylic acids is 1. The van der Waals surface area contributed by atoms with Crippen LogP contribution in [0.5, 0.6) is 5.75 Å². The number of methoxy groups -OCH3 is 1. The fraction of sp³-hybridized carbons (Fsp3) is 0.444. The van der Waals surface area contributed by atoms with Gasteiger partial charge in [-0.05, 0) is 31.5 Å². The molecule has 1 aromatic heterocycles. The number of piperidine rings is 1. The van der Waals surface area contributed by atoms with Gasteiger partial charge in [0.1, 0.15) is 11.4 Å². The zero-order valence-corrected chi connectivity index (χ0v) is 17.7. The van der Waals surface area contributed by atoms with Crippen LogP contribution in [-0.2, 0) is 6.42 Å². The Hall–Kier alpha value is -1.54. The molecule has 9 heteroatoms. The molecule has 1 amide bonds. The van der Waals surface area contributed by atoms with E-state index in [1.807, 2.05) is 23.6 Å². The molecular formula is C18H26Cl2N4O2S. The van der Waals surface area contributed by atoms with Gasteiger partial charge in [0.15, 0.2) is 0 Å². The Kier molecular flexibility index (Phi) is 9.87. The summed E-state index contributed by atoms with van der Waals surface area (Å²) >= 11 is 1.49. The van der Waals surface area contributed by atoms with Crippen molar-refractivity contribution in [2.45, 2.75) is 25.3 Å². The number of nitrogens with two attached hydrogens (primary N) is 1. The van der Waals surface area contributed by atoms with Crippen LogP contribution in [0.2, 0.25) is 0 Å². The molecule has 0 radical (unpaired) electrons. The molecule has 2 aromatic rings. The van der Waals surface area contributed by atoms with Gasteiger partial charge in [-0.2, -0.15) is 0 Å². The molecule has 3 N–H and O–H groups in total. The Morgan fingerprint density at radius 1 is 1.44 bits per heavy atom. The summed E-state index contributed by atoms with van der Waals surface area (Å²) in [5.74, 6) is 0.746. The van der Waals surface area contributed by atoms with Gasteiger partial charge in [0.2, 0.25) is 0 Å². The average molecular weight is 433 g/mol. The molecule has 3 rings (SSSR count). The summed E-state index contributed by atoms with van der Waals surface area (Å²) in [7, 11) is 1.67. The maximum atomic E-state index is 12.4. The van der Waals surface area contributed by atoms with Gasteiger partial charge in [0.25, 0.3) is 5.91 Å². The van der Waals surface area contributed by atoms with Crippen LogP contribution >= 0.6 is 36.2 Å². The van der Waals surface area contributed by atoms with Gasteiger partial charge in [-0.15, -0.1) is 36.2 Å². The highest BCUT2D eigenvalue weighted by Crippen LogP contribution is 2.24.